The van der Waals surface area contributed by atoms with Crippen molar-refractivity contribution in [1.29, 1.82) is 0 Å². The topological polar surface area (TPSA) is 6.48 Å². The van der Waals surface area contributed by atoms with E-state index in [4.69, 9.17) is 12.6 Å². The molecule has 23 heavy (non-hydrogen) atoms. The normalized spacial score (nSPS) is 14.5. The third kappa shape index (κ3) is 4.98. The summed E-state index contributed by atoms with van der Waals surface area (Å²) in [5.41, 5.74) is 2.83. The number of benzene rings is 1. The van der Waals surface area contributed by atoms with Crippen LogP contribution in [0.4, 0.5) is 0 Å². The van der Waals surface area contributed by atoms with Gasteiger partial charge in [0, 0.05) is 17.0 Å². The molecular formula is C20H36N2S. The van der Waals surface area contributed by atoms with E-state index in [9.17, 15) is 0 Å². The van der Waals surface area contributed by atoms with Crippen LogP contribution in [0.5, 0.6) is 0 Å². The van der Waals surface area contributed by atoms with E-state index in [1.807, 2.05) is 0 Å². The Morgan fingerprint density at radius 1 is 0.783 bits per heavy atom. The minimum Gasteiger partial charge on any atom is -0.297 e. The molecule has 1 aromatic carbocycles. The monoisotopic (exact) mass is 336 g/mol. The Labute approximate surface area is 149 Å². The Morgan fingerprint density at radius 3 is 1.70 bits per heavy atom. The van der Waals surface area contributed by atoms with Gasteiger partial charge in [-0.15, -0.1) is 12.6 Å². The second kappa shape index (κ2) is 10.4. The minimum atomic E-state index is 0.464. The minimum absolute atomic E-state index is 0.464. The summed E-state index contributed by atoms with van der Waals surface area (Å²) in [6, 6.07) is 7.86. The molecule has 0 aliphatic rings. The van der Waals surface area contributed by atoms with E-state index in [0.717, 1.165) is 43.9 Å². The van der Waals surface area contributed by atoms with Gasteiger partial charge in [-0.3, -0.25) is 9.80 Å². The van der Waals surface area contributed by atoms with Gasteiger partial charge in [0.25, 0.3) is 0 Å². The SMILES string of the molecule is CCC(c1ccc(S)c(C(CC)N(CC)CC)c1)N(CC)CC. The Hall–Kier alpha value is -0.510. The van der Waals surface area contributed by atoms with E-state index in [1.54, 1.807) is 0 Å². The number of thiol groups is 1. The first kappa shape index (κ1) is 20.5. The van der Waals surface area contributed by atoms with Crippen LogP contribution in [0.15, 0.2) is 23.1 Å². The molecular weight excluding hydrogens is 300 g/mol. The Kier molecular flexibility index (Phi) is 9.26. The van der Waals surface area contributed by atoms with E-state index in [1.165, 1.54) is 11.1 Å². The zero-order chi connectivity index (χ0) is 17.4. The van der Waals surface area contributed by atoms with Crippen molar-refractivity contribution in [2.24, 2.45) is 0 Å². The zero-order valence-corrected chi connectivity index (χ0v) is 16.9. The Bertz CT molecular complexity index is 453. The summed E-state index contributed by atoms with van der Waals surface area (Å²) < 4.78 is 0. The molecule has 0 aliphatic carbocycles. The molecule has 0 amide bonds. The molecule has 0 spiro atoms. The van der Waals surface area contributed by atoms with E-state index in [0.29, 0.717) is 12.1 Å². The molecule has 0 N–H and O–H groups in total. The van der Waals surface area contributed by atoms with Crippen LogP contribution in [0.2, 0.25) is 0 Å². The Balaban J connectivity index is 3.24. The van der Waals surface area contributed by atoms with E-state index < -0.39 is 0 Å². The number of nitrogens with zero attached hydrogens (tertiary/aromatic N) is 2. The van der Waals surface area contributed by atoms with Gasteiger partial charge in [0.05, 0.1) is 0 Å². The first-order chi connectivity index (χ1) is 11.1. The van der Waals surface area contributed by atoms with Gasteiger partial charge in [-0.05, 0) is 56.2 Å². The number of rotatable bonds is 10. The van der Waals surface area contributed by atoms with Crippen LogP contribution in [0, 0.1) is 0 Å². The molecule has 2 atom stereocenters. The van der Waals surface area contributed by atoms with Crippen LogP contribution in [0.3, 0.4) is 0 Å². The number of hydrogen-bond acceptors (Lipinski definition) is 3. The van der Waals surface area contributed by atoms with Crippen molar-refractivity contribution in [1.82, 2.24) is 9.80 Å². The van der Waals surface area contributed by atoms with Crippen molar-refractivity contribution in [2.75, 3.05) is 26.2 Å². The second-order valence-electron chi connectivity index (χ2n) is 6.11. The Morgan fingerprint density at radius 2 is 1.26 bits per heavy atom. The van der Waals surface area contributed by atoms with Crippen molar-refractivity contribution in [3.63, 3.8) is 0 Å². The molecule has 1 rings (SSSR count). The molecule has 1 aromatic rings. The highest BCUT2D eigenvalue weighted by molar-refractivity contribution is 7.80. The zero-order valence-electron chi connectivity index (χ0n) is 16.0. The molecule has 0 aromatic heterocycles. The van der Waals surface area contributed by atoms with Crippen molar-refractivity contribution in [3.8, 4) is 0 Å². The van der Waals surface area contributed by atoms with Crippen LogP contribution >= 0.6 is 12.6 Å². The molecule has 0 heterocycles. The largest absolute Gasteiger partial charge is 0.297 e. The maximum Gasteiger partial charge on any atom is 0.0356 e. The maximum absolute atomic E-state index is 4.77. The fourth-order valence-corrected chi connectivity index (χ4v) is 4.04. The lowest BCUT2D eigenvalue weighted by Crippen LogP contribution is -2.30. The molecule has 0 saturated heterocycles. The first-order valence-corrected chi connectivity index (χ1v) is 9.83. The molecule has 0 radical (unpaired) electrons. The average Bonchev–Trinajstić information content (AvgIpc) is 2.58. The van der Waals surface area contributed by atoms with Gasteiger partial charge < -0.3 is 0 Å². The van der Waals surface area contributed by atoms with Crippen LogP contribution in [-0.4, -0.2) is 36.0 Å². The summed E-state index contributed by atoms with van der Waals surface area (Å²) in [5, 5.41) is 0. The van der Waals surface area contributed by atoms with E-state index in [-0.39, 0.29) is 0 Å². The average molecular weight is 337 g/mol. The highest BCUT2D eigenvalue weighted by atomic mass is 32.1. The maximum atomic E-state index is 4.77. The first-order valence-electron chi connectivity index (χ1n) is 9.38. The summed E-state index contributed by atoms with van der Waals surface area (Å²) in [4.78, 5) is 6.22. The lowest BCUT2D eigenvalue weighted by molar-refractivity contribution is 0.206. The highest BCUT2D eigenvalue weighted by Gasteiger charge is 2.21. The predicted octanol–water partition coefficient (Wildman–Crippen LogP) is 5.56. The van der Waals surface area contributed by atoms with Gasteiger partial charge in [0.15, 0.2) is 0 Å². The van der Waals surface area contributed by atoms with Crippen molar-refractivity contribution < 1.29 is 0 Å². The summed E-state index contributed by atoms with van der Waals surface area (Å²) in [6.45, 7) is 17.9. The lowest BCUT2D eigenvalue weighted by Gasteiger charge is -2.33. The van der Waals surface area contributed by atoms with Crippen molar-refractivity contribution >= 4 is 12.6 Å². The molecule has 3 heteroatoms. The third-order valence-corrected chi connectivity index (χ3v) is 5.48. The lowest BCUT2D eigenvalue weighted by atomic mass is 9.95. The van der Waals surface area contributed by atoms with Gasteiger partial charge in [-0.25, -0.2) is 0 Å². The molecule has 0 saturated carbocycles. The second-order valence-corrected chi connectivity index (χ2v) is 6.59. The van der Waals surface area contributed by atoms with Crippen LogP contribution in [0.25, 0.3) is 0 Å². The summed E-state index contributed by atoms with van der Waals surface area (Å²) in [7, 11) is 0. The predicted molar refractivity (Wildman–Crippen MR) is 106 cm³/mol. The molecule has 2 unspecified atom stereocenters. The van der Waals surface area contributed by atoms with Crippen LogP contribution in [-0.2, 0) is 0 Å². The smallest absolute Gasteiger partial charge is 0.0356 e. The fourth-order valence-electron chi connectivity index (χ4n) is 3.76. The molecule has 2 nitrogen and oxygen atoms in total. The fraction of sp³-hybridized carbons (Fsp3) is 0.700. The van der Waals surface area contributed by atoms with Crippen LogP contribution in [0.1, 0.15) is 77.6 Å². The van der Waals surface area contributed by atoms with Crippen molar-refractivity contribution in [2.45, 2.75) is 71.4 Å². The van der Waals surface area contributed by atoms with E-state index in [2.05, 4.69) is 69.5 Å². The van der Waals surface area contributed by atoms with Gasteiger partial charge in [-0.2, -0.15) is 0 Å². The van der Waals surface area contributed by atoms with Gasteiger partial charge in [0.1, 0.15) is 0 Å². The third-order valence-electron chi connectivity index (χ3n) is 5.08. The van der Waals surface area contributed by atoms with Gasteiger partial charge in [-0.1, -0.05) is 53.7 Å². The summed E-state index contributed by atoms with van der Waals surface area (Å²) in [6.07, 6.45) is 2.27. The van der Waals surface area contributed by atoms with Gasteiger partial charge in [0.2, 0.25) is 0 Å². The van der Waals surface area contributed by atoms with Crippen LogP contribution < -0.4 is 0 Å². The van der Waals surface area contributed by atoms with Gasteiger partial charge >= 0.3 is 0 Å². The summed E-state index contributed by atoms with van der Waals surface area (Å²) >= 11 is 4.77. The molecule has 0 bridgehead atoms. The quantitative estimate of drug-likeness (QED) is 0.559. The molecule has 0 fully saturated rings. The molecule has 132 valence electrons. The number of hydrogen-bond donors (Lipinski definition) is 1. The van der Waals surface area contributed by atoms with E-state index >= 15 is 0 Å². The highest BCUT2D eigenvalue weighted by Crippen LogP contribution is 2.33. The molecule has 0 aliphatic heterocycles. The van der Waals surface area contributed by atoms with Crippen molar-refractivity contribution in [3.05, 3.63) is 29.3 Å². The standard InChI is InChI=1S/C20H36N2S/c1-7-18(21(9-3)10-4)16-13-14-20(23)17(15-16)19(8-2)22(11-5)12-6/h13-15,18-19,23H,7-12H2,1-6H3. The summed E-state index contributed by atoms with van der Waals surface area (Å²) in [5.74, 6) is 0.